The second kappa shape index (κ2) is 5.00. The molecule has 0 amide bonds. The molecule has 1 atom stereocenters. The molecule has 1 rings (SSSR count). The van der Waals surface area contributed by atoms with Gasteiger partial charge in [-0.15, -0.1) is 11.3 Å². The second-order valence-corrected chi connectivity index (χ2v) is 4.10. The molecule has 2 nitrogen and oxygen atoms in total. The molecule has 3 heteroatoms. The van der Waals surface area contributed by atoms with Crippen molar-refractivity contribution in [2.45, 2.75) is 26.3 Å². The first-order valence-electron chi connectivity index (χ1n) is 4.51. The van der Waals surface area contributed by atoms with Crippen molar-refractivity contribution in [1.29, 1.82) is 5.26 Å². The third-order valence-electron chi connectivity index (χ3n) is 1.86. The molecule has 1 aromatic rings. The van der Waals surface area contributed by atoms with Crippen LogP contribution >= 0.6 is 11.3 Å². The smallest absolute Gasteiger partial charge is 0.110 e. The van der Waals surface area contributed by atoms with Crippen LogP contribution in [-0.2, 0) is 0 Å². The van der Waals surface area contributed by atoms with Gasteiger partial charge < -0.3 is 5.32 Å². The van der Waals surface area contributed by atoms with Crippen molar-refractivity contribution >= 4 is 11.3 Å². The maximum Gasteiger partial charge on any atom is 0.110 e. The number of hydrogen-bond donors (Lipinski definition) is 1. The van der Waals surface area contributed by atoms with E-state index >= 15 is 0 Å². The van der Waals surface area contributed by atoms with E-state index in [-0.39, 0.29) is 0 Å². The van der Waals surface area contributed by atoms with Crippen molar-refractivity contribution in [2.75, 3.05) is 6.54 Å². The molecule has 13 heavy (non-hydrogen) atoms. The van der Waals surface area contributed by atoms with E-state index in [1.165, 1.54) is 4.88 Å². The van der Waals surface area contributed by atoms with Gasteiger partial charge in [-0.3, -0.25) is 0 Å². The number of nitriles is 1. The lowest BCUT2D eigenvalue weighted by Gasteiger charge is -2.09. The Hall–Kier alpha value is -0.850. The second-order valence-electron chi connectivity index (χ2n) is 2.99. The molecule has 0 aliphatic rings. The van der Waals surface area contributed by atoms with E-state index in [4.69, 9.17) is 5.26 Å². The van der Waals surface area contributed by atoms with Crippen molar-refractivity contribution in [3.05, 3.63) is 21.9 Å². The minimum atomic E-state index is 0.368. The fourth-order valence-electron chi connectivity index (χ4n) is 1.11. The van der Waals surface area contributed by atoms with Crippen molar-refractivity contribution in [1.82, 2.24) is 5.32 Å². The number of nitrogens with one attached hydrogen (secondary N) is 1. The topological polar surface area (TPSA) is 35.8 Å². The van der Waals surface area contributed by atoms with E-state index in [9.17, 15) is 0 Å². The monoisotopic (exact) mass is 194 g/mol. The molecule has 0 aliphatic heterocycles. The van der Waals surface area contributed by atoms with Crippen LogP contribution in [0.25, 0.3) is 0 Å². The maximum absolute atomic E-state index is 8.65. The molecular formula is C10H14N2S. The van der Waals surface area contributed by atoms with Crippen molar-refractivity contribution in [3.63, 3.8) is 0 Å². The zero-order valence-electron chi connectivity index (χ0n) is 8.00. The van der Waals surface area contributed by atoms with Gasteiger partial charge in [0.2, 0.25) is 0 Å². The SMILES string of the molecule is CCCNC(C)c1ccc(C#N)s1. The quantitative estimate of drug-likeness (QED) is 0.800. The molecule has 0 saturated heterocycles. The molecular weight excluding hydrogens is 180 g/mol. The highest BCUT2D eigenvalue weighted by atomic mass is 32.1. The molecule has 70 valence electrons. The summed E-state index contributed by atoms with van der Waals surface area (Å²) in [5, 5.41) is 12.0. The zero-order valence-corrected chi connectivity index (χ0v) is 8.82. The van der Waals surface area contributed by atoms with Gasteiger partial charge in [-0.2, -0.15) is 5.26 Å². The maximum atomic E-state index is 8.65. The summed E-state index contributed by atoms with van der Waals surface area (Å²) in [6.07, 6.45) is 1.14. The van der Waals surface area contributed by atoms with Gasteiger partial charge in [0.1, 0.15) is 10.9 Å². The Bertz CT molecular complexity index is 298. The van der Waals surface area contributed by atoms with Crippen molar-refractivity contribution in [2.24, 2.45) is 0 Å². The summed E-state index contributed by atoms with van der Waals surface area (Å²) in [4.78, 5) is 2.03. The van der Waals surface area contributed by atoms with Gasteiger partial charge >= 0.3 is 0 Å². The molecule has 0 saturated carbocycles. The fourth-order valence-corrected chi connectivity index (χ4v) is 1.94. The largest absolute Gasteiger partial charge is 0.309 e. The van der Waals surface area contributed by atoms with Gasteiger partial charge in [-0.1, -0.05) is 6.92 Å². The molecule has 0 aliphatic carbocycles. The standard InChI is InChI=1S/C10H14N2S/c1-3-6-12-8(2)10-5-4-9(7-11)13-10/h4-5,8,12H,3,6H2,1-2H3. The van der Waals surface area contributed by atoms with E-state index in [1.807, 2.05) is 12.1 Å². The molecule has 0 radical (unpaired) electrons. The summed E-state index contributed by atoms with van der Waals surface area (Å²) < 4.78 is 0. The number of rotatable bonds is 4. The Morgan fingerprint density at radius 3 is 2.92 bits per heavy atom. The molecule has 1 N–H and O–H groups in total. The van der Waals surface area contributed by atoms with E-state index in [0.717, 1.165) is 17.8 Å². The predicted octanol–water partition coefficient (Wildman–Crippen LogP) is 2.68. The van der Waals surface area contributed by atoms with E-state index in [2.05, 4.69) is 25.2 Å². The van der Waals surface area contributed by atoms with Gasteiger partial charge in [0.15, 0.2) is 0 Å². The van der Waals surface area contributed by atoms with Gasteiger partial charge in [0.05, 0.1) is 0 Å². The summed E-state index contributed by atoms with van der Waals surface area (Å²) in [6, 6.07) is 6.42. The Labute approximate surface area is 83.2 Å². The van der Waals surface area contributed by atoms with Crippen LogP contribution in [0.2, 0.25) is 0 Å². The minimum Gasteiger partial charge on any atom is -0.309 e. The lowest BCUT2D eigenvalue weighted by atomic mass is 10.2. The Morgan fingerprint density at radius 2 is 2.38 bits per heavy atom. The average molecular weight is 194 g/mol. The normalized spacial score (nSPS) is 12.4. The predicted molar refractivity (Wildman–Crippen MR) is 55.7 cm³/mol. The summed E-state index contributed by atoms with van der Waals surface area (Å²) in [6.45, 7) is 5.30. The highest BCUT2D eigenvalue weighted by molar-refractivity contribution is 7.12. The summed E-state index contributed by atoms with van der Waals surface area (Å²) in [7, 11) is 0. The van der Waals surface area contributed by atoms with Crippen LogP contribution in [0.1, 0.15) is 36.1 Å². The Kier molecular flexibility index (Phi) is 3.94. The number of hydrogen-bond acceptors (Lipinski definition) is 3. The lowest BCUT2D eigenvalue weighted by Crippen LogP contribution is -2.18. The number of nitrogens with zero attached hydrogens (tertiary/aromatic N) is 1. The first-order chi connectivity index (χ1) is 6.27. The average Bonchev–Trinajstić information content (AvgIpc) is 2.62. The van der Waals surface area contributed by atoms with Crippen LogP contribution in [0, 0.1) is 11.3 Å². The van der Waals surface area contributed by atoms with Crippen LogP contribution in [0.4, 0.5) is 0 Å². The lowest BCUT2D eigenvalue weighted by molar-refractivity contribution is 0.578. The molecule has 1 aromatic heterocycles. The van der Waals surface area contributed by atoms with Gasteiger partial charge in [-0.25, -0.2) is 0 Å². The van der Waals surface area contributed by atoms with Crippen LogP contribution in [-0.4, -0.2) is 6.54 Å². The molecule has 0 spiro atoms. The van der Waals surface area contributed by atoms with Crippen molar-refractivity contribution < 1.29 is 0 Å². The number of thiophene rings is 1. The highest BCUT2D eigenvalue weighted by Gasteiger charge is 2.06. The van der Waals surface area contributed by atoms with E-state index < -0.39 is 0 Å². The van der Waals surface area contributed by atoms with Crippen LogP contribution in [0.5, 0.6) is 0 Å². The molecule has 0 aromatic carbocycles. The third kappa shape index (κ3) is 2.83. The first-order valence-corrected chi connectivity index (χ1v) is 5.32. The van der Waals surface area contributed by atoms with Gasteiger partial charge in [0, 0.05) is 10.9 Å². The first kappa shape index (κ1) is 10.2. The van der Waals surface area contributed by atoms with Gasteiger partial charge in [0.25, 0.3) is 0 Å². The molecule has 0 fully saturated rings. The summed E-state index contributed by atoms with van der Waals surface area (Å²) >= 11 is 1.57. The third-order valence-corrected chi connectivity index (χ3v) is 3.04. The Balaban J connectivity index is 2.56. The van der Waals surface area contributed by atoms with Crippen molar-refractivity contribution in [3.8, 4) is 6.07 Å². The summed E-state index contributed by atoms with van der Waals surface area (Å²) in [5.41, 5.74) is 0. The van der Waals surface area contributed by atoms with Crippen LogP contribution in [0.15, 0.2) is 12.1 Å². The highest BCUT2D eigenvalue weighted by Crippen LogP contribution is 2.22. The minimum absolute atomic E-state index is 0.368. The van der Waals surface area contributed by atoms with E-state index in [0.29, 0.717) is 6.04 Å². The fraction of sp³-hybridized carbons (Fsp3) is 0.500. The Morgan fingerprint density at radius 1 is 1.62 bits per heavy atom. The zero-order chi connectivity index (χ0) is 9.68. The molecule has 0 bridgehead atoms. The molecule has 1 heterocycles. The summed E-state index contributed by atoms with van der Waals surface area (Å²) in [5.74, 6) is 0. The van der Waals surface area contributed by atoms with E-state index in [1.54, 1.807) is 11.3 Å². The van der Waals surface area contributed by atoms with Gasteiger partial charge in [-0.05, 0) is 32.0 Å². The van der Waals surface area contributed by atoms with Crippen LogP contribution < -0.4 is 5.32 Å². The molecule has 1 unspecified atom stereocenters. The van der Waals surface area contributed by atoms with Crippen LogP contribution in [0.3, 0.4) is 0 Å².